The summed E-state index contributed by atoms with van der Waals surface area (Å²) in [5, 5.41) is 18.0. The zero-order chi connectivity index (χ0) is 22.1. The molecule has 3 aromatic rings. The molecule has 0 saturated heterocycles. The molecule has 30 heavy (non-hydrogen) atoms. The van der Waals surface area contributed by atoms with E-state index in [0.717, 1.165) is 17.3 Å². The van der Waals surface area contributed by atoms with Crippen LogP contribution in [0.4, 0.5) is 0 Å². The van der Waals surface area contributed by atoms with Crippen LogP contribution < -0.4 is 10.6 Å². The number of halogens is 1. The van der Waals surface area contributed by atoms with E-state index in [0.29, 0.717) is 20.9 Å². The number of hydrogen-bond acceptors (Lipinski definition) is 1. The Hall–Kier alpha value is -1.15. The number of benzene rings is 3. The van der Waals surface area contributed by atoms with Gasteiger partial charge in [-0.1, -0.05) is 102 Å². The fourth-order valence-electron chi connectivity index (χ4n) is 3.15. The van der Waals surface area contributed by atoms with Gasteiger partial charge in [0, 0.05) is 11.7 Å². The number of aryl methyl sites for hydroxylation is 1. The molecule has 0 aliphatic rings. The van der Waals surface area contributed by atoms with Crippen molar-refractivity contribution < 1.29 is 24.5 Å². The summed E-state index contributed by atoms with van der Waals surface area (Å²) in [5.74, 6) is 0.423. The fraction of sp³-hybridized carbons (Fsp3) is 0.280. The van der Waals surface area contributed by atoms with Gasteiger partial charge >= 0.3 is 28.7 Å². The van der Waals surface area contributed by atoms with Gasteiger partial charge in [-0.2, -0.15) is 0 Å². The Kier molecular flexibility index (Phi) is 10.1. The molecule has 2 nitrogen and oxygen atoms in total. The minimum atomic E-state index is -0.0537. The van der Waals surface area contributed by atoms with Crippen LogP contribution in [0.3, 0.4) is 0 Å². The molecule has 0 spiro atoms. The van der Waals surface area contributed by atoms with Gasteiger partial charge in [0.2, 0.25) is 0 Å². The van der Waals surface area contributed by atoms with E-state index in [1.807, 2.05) is 30.3 Å². The standard InChI is InChI=1S/C25H29NOP.ClH.Ti/c1-18-10-8-14-21(17-26-25(2,3)4)24(18)28-22-15-9-13-20(23(22)27)16-19-11-6-5-7-12-19;;/h5-15,27-28H,16-17H2,1-4H3;1H;/q-1;;+2/p-1. The molecule has 0 amide bonds. The van der Waals surface area contributed by atoms with E-state index in [2.05, 4.69) is 73.4 Å². The van der Waals surface area contributed by atoms with Crippen LogP contribution in [0, 0.1) is 6.92 Å². The van der Waals surface area contributed by atoms with Crippen LogP contribution >= 0.6 is 17.9 Å². The first kappa shape index (κ1) is 25.1. The Bertz CT molecular complexity index is 942. The van der Waals surface area contributed by atoms with Gasteiger partial charge in [0.1, 0.15) is 5.75 Å². The van der Waals surface area contributed by atoms with Crippen LogP contribution in [0.1, 0.15) is 43.0 Å². The topological polar surface area (TPSA) is 34.3 Å². The molecule has 3 aromatic carbocycles. The molecule has 0 heterocycles. The van der Waals surface area contributed by atoms with Crippen molar-refractivity contribution >= 4 is 28.5 Å². The zero-order valence-corrected chi connectivity index (χ0v) is 21.4. The maximum absolute atomic E-state index is 10.9. The monoisotopic (exact) mass is 473 g/mol. The van der Waals surface area contributed by atoms with Crippen LogP contribution in [0.5, 0.6) is 5.75 Å². The molecular weight excluding hydrogens is 445 g/mol. The van der Waals surface area contributed by atoms with Gasteiger partial charge in [0.15, 0.2) is 0 Å². The molecular formula is C25H29ClNOPTi. The molecule has 1 unspecified atom stereocenters. The summed E-state index contributed by atoms with van der Waals surface area (Å²) >= 11 is 1.47. The molecule has 1 N–H and O–H groups in total. The SMILES string of the molecule is Cc1cccc(C[N-]C(C)(C)C)c1Pc1cccc(Cc2ccccc2)c1O.[Cl][Ti+]. The number of aromatic hydroxyl groups is 1. The molecule has 3 rings (SSSR count). The molecule has 0 aromatic heterocycles. The van der Waals surface area contributed by atoms with Crippen molar-refractivity contribution in [2.24, 2.45) is 0 Å². The van der Waals surface area contributed by atoms with Crippen LogP contribution in [0.25, 0.3) is 5.32 Å². The number of phenolic OH excluding ortho intramolecular Hbond substituents is 1. The third-order valence-corrected chi connectivity index (χ3v) is 6.34. The number of nitrogens with zero attached hydrogens (tertiary/aromatic N) is 1. The quantitative estimate of drug-likeness (QED) is 0.332. The van der Waals surface area contributed by atoms with Crippen LogP contribution in [0.15, 0.2) is 66.7 Å². The summed E-state index contributed by atoms with van der Waals surface area (Å²) in [6.07, 6.45) is 0.741. The van der Waals surface area contributed by atoms with Gasteiger partial charge in [-0.3, -0.25) is 0 Å². The number of rotatable bonds is 6. The Morgan fingerprint density at radius 3 is 2.20 bits per heavy atom. The first-order valence-corrected chi connectivity index (χ1v) is 13.1. The van der Waals surface area contributed by atoms with Gasteiger partial charge in [-0.15, -0.1) is 12.1 Å². The summed E-state index contributed by atoms with van der Waals surface area (Å²) in [6, 6.07) is 22.8. The van der Waals surface area contributed by atoms with Crippen LogP contribution in [-0.4, -0.2) is 10.6 Å². The zero-order valence-electron chi connectivity index (χ0n) is 18.0. The molecule has 0 fully saturated rings. The van der Waals surface area contributed by atoms with E-state index in [-0.39, 0.29) is 5.54 Å². The van der Waals surface area contributed by atoms with Crippen LogP contribution in [-0.2, 0) is 32.3 Å². The summed E-state index contributed by atoms with van der Waals surface area (Å²) in [5.41, 5.74) is 4.64. The number of para-hydroxylation sites is 1. The molecule has 5 heteroatoms. The molecule has 1 atom stereocenters. The average molecular weight is 474 g/mol. The molecule has 0 radical (unpaired) electrons. The minimum absolute atomic E-state index is 0.0537. The summed E-state index contributed by atoms with van der Waals surface area (Å²) in [6.45, 7) is 9.24. The van der Waals surface area contributed by atoms with Gasteiger partial charge < -0.3 is 10.4 Å². The Balaban J connectivity index is 0.00000155. The van der Waals surface area contributed by atoms with Crippen molar-refractivity contribution in [1.29, 1.82) is 0 Å². The Labute approximate surface area is 198 Å². The number of hydrogen-bond donors (Lipinski definition) is 1. The van der Waals surface area contributed by atoms with Crippen molar-refractivity contribution in [2.45, 2.75) is 46.2 Å². The predicted octanol–water partition coefficient (Wildman–Crippen LogP) is 6.28. The van der Waals surface area contributed by atoms with Gasteiger partial charge in [0.25, 0.3) is 0 Å². The van der Waals surface area contributed by atoms with Crippen molar-refractivity contribution in [1.82, 2.24) is 0 Å². The van der Waals surface area contributed by atoms with Crippen molar-refractivity contribution in [2.75, 3.05) is 0 Å². The van der Waals surface area contributed by atoms with Crippen LogP contribution in [0.2, 0.25) is 0 Å². The summed E-state index contributed by atoms with van der Waals surface area (Å²) < 4.78 is 0. The Morgan fingerprint density at radius 2 is 1.53 bits per heavy atom. The normalized spacial score (nSPS) is 11.3. The van der Waals surface area contributed by atoms with E-state index < -0.39 is 0 Å². The molecule has 0 bridgehead atoms. The molecule has 156 valence electrons. The van der Waals surface area contributed by atoms with E-state index in [4.69, 9.17) is 5.32 Å². The second-order valence-electron chi connectivity index (χ2n) is 8.20. The fourth-order valence-corrected chi connectivity index (χ4v) is 4.48. The predicted molar refractivity (Wildman–Crippen MR) is 129 cm³/mol. The Morgan fingerprint density at radius 1 is 0.900 bits per heavy atom. The van der Waals surface area contributed by atoms with E-state index in [9.17, 15) is 5.11 Å². The summed E-state index contributed by atoms with van der Waals surface area (Å²) in [7, 11) is 5.05. The first-order chi connectivity index (χ1) is 14.3. The van der Waals surface area contributed by atoms with E-state index in [1.54, 1.807) is 0 Å². The second kappa shape index (κ2) is 12.0. The maximum atomic E-state index is 10.9. The number of phenols is 1. The second-order valence-corrected chi connectivity index (χ2v) is 9.49. The van der Waals surface area contributed by atoms with Gasteiger partial charge in [-0.05, 0) is 28.9 Å². The van der Waals surface area contributed by atoms with Gasteiger partial charge in [0.05, 0.1) is 0 Å². The third-order valence-electron chi connectivity index (χ3n) is 4.70. The van der Waals surface area contributed by atoms with E-state index >= 15 is 0 Å². The van der Waals surface area contributed by atoms with Crippen molar-refractivity contribution in [3.63, 3.8) is 0 Å². The molecule has 0 aliphatic carbocycles. The average Bonchev–Trinajstić information content (AvgIpc) is 2.73. The van der Waals surface area contributed by atoms with Crippen molar-refractivity contribution in [3.05, 3.63) is 94.3 Å². The third kappa shape index (κ3) is 7.52. The first-order valence-electron chi connectivity index (χ1n) is 9.91. The van der Waals surface area contributed by atoms with Gasteiger partial charge in [-0.25, -0.2) is 0 Å². The molecule has 0 saturated carbocycles. The molecule has 0 aliphatic heterocycles. The van der Waals surface area contributed by atoms with Crippen molar-refractivity contribution in [3.8, 4) is 5.75 Å². The van der Waals surface area contributed by atoms with E-state index in [1.165, 1.54) is 41.4 Å². The summed E-state index contributed by atoms with van der Waals surface area (Å²) in [4.78, 5) is 0.